The minimum absolute atomic E-state index is 0.0760. The largest absolute Gasteiger partial charge is 0.348 e. The molecule has 1 saturated heterocycles. The molecule has 0 radical (unpaired) electrons. The number of pyridine rings is 1. The third-order valence-electron chi connectivity index (χ3n) is 3.27. The van der Waals surface area contributed by atoms with Crippen molar-refractivity contribution >= 4 is 5.91 Å². The maximum atomic E-state index is 11.9. The highest BCUT2D eigenvalue weighted by molar-refractivity contribution is 5.92. The lowest BCUT2D eigenvalue weighted by Gasteiger charge is -2.31. The maximum Gasteiger partial charge on any atom is 0.270 e. The Hall–Kier alpha value is -1.46. The molecule has 18 heavy (non-hydrogen) atoms. The molecule has 5 heteroatoms. The summed E-state index contributed by atoms with van der Waals surface area (Å²) in [5, 5.41) is 3.04. The highest BCUT2D eigenvalue weighted by Gasteiger charge is 2.20. The van der Waals surface area contributed by atoms with E-state index in [-0.39, 0.29) is 11.9 Å². The molecule has 1 aromatic heterocycles. The summed E-state index contributed by atoms with van der Waals surface area (Å²) >= 11 is 0. The predicted octanol–water partition coefficient (Wildman–Crippen LogP) is 0.235. The van der Waals surface area contributed by atoms with Crippen molar-refractivity contribution in [1.29, 1.82) is 0 Å². The van der Waals surface area contributed by atoms with Gasteiger partial charge < -0.3 is 16.0 Å². The van der Waals surface area contributed by atoms with E-state index in [1.165, 1.54) is 0 Å². The number of nitrogens with two attached hydrogens (primary N) is 1. The van der Waals surface area contributed by atoms with Gasteiger partial charge in [0.25, 0.3) is 5.91 Å². The van der Waals surface area contributed by atoms with E-state index in [0.29, 0.717) is 12.2 Å². The molecular formula is C13H20N4O. The van der Waals surface area contributed by atoms with Gasteiger partial charge in [-0.2, -0.15) is 0 Å². The zero-order valence-electron chi connectivity index (χ0n) is 10.5. The van der Waals surface area contributed by atoms with E-state index in [1.807, 2.05) is 12.1 Å². The van der Waals surface area contributed by atoms with E-state index in [1.54, 1.807) is 12.3 Å². The molecule has 1 fully saturated rings. The van der Waals surface area contributed by atoms with Crippen molar-refractivity contribution in [1.82, 2.24) is 15.2 Å². The van der Waals surface area contributed by atoms with Crippen molar-refractivity contribution in [3.8, 4) is 0 Å². The van der Waals surface area contributed by atoms with Crippen molar-refractivity contribution in [2.45, 2.75) is 18.9 Å². The number of likely N-dealkylation sites (tertiary alicyclic amines) is 1. The van der Waals surface area contributed by atoms with Crippen LogP contribution in [0.4, 0.5) is 0 Å². The molecule has 1 aliphatic rings. The molecule has 0 aliphatic carbocycles. The summed E-state index contributed by atoms with van der Waals surface area (Å²) in [6.45, 7) is 3.65. The van der Waals surface area contributed by atoms with Crippen LogP contribution in [0.2, 0.25) is 0 Å². The Bertz CT molecular complexity index is 374. The monoisotopic (exact) mass is 248 g/mol. The molecule has 2 rings (SSSR count). The minimum Gasteiger partial charge on any atom is -0.348 e. The van der Waals surface area contributed by atoms with Crippen molar-refractivity contribution in [3.05, 3.63) is 30.1 Å². The lowest BCUT2D eigenvalue weighted by Crippen LogP contribution is -2.45. The van der Waals surface area contributed by atoms with Crippen LogP contribution in [0.5, 0.6) is 0 Å². The first-order valence-corrected chi connectivity index (χ1v) is 6.44. The first kappa shape index (κ1) is 13.0. The summed E-state index contributed by atoms with van der Waals surface area (Å²) in [6, 6.07) is 5.63. The van der Waals surface area contributed by atoms with Crippen molar-refractivity contribution in [2.24, 2.45) is 5.73 Å². The molecule has 98 valence electrons. The topological polar surface area (TPSA) is 71.2 Å². The summed E-state index contributed by atoms with van der Waals surface area (Å²) in [5.41, 5.74) is 6.02. The number of aromatic nitrogens is 1. The summed E-state index contributed by atoms with van der Waals surface area (Å²) in [7, 11) is 0. The molecule has 5 nitrogen and oxygen atoms in total. The van der Waals surface area contributed by atoms with E-state index in [9.17, 15) is 4.79 Å². The second-order valence-electron chi connectivity index (χ2n) is 4.59. The van der Waals surface area contributed by atoms with E-state index >= 15 is 0 Å². The van der Waals surface area contributed by atoms with Crippen LogP contribution in [0, 0.1) is 0 Å². The molecule has 3 N–H and O–H groups in total. The first-order chi connectivity index (χ1) is 8.79. The number of amides is 1. The molecule has 2 heterocycles. The fourth-order valence-electron chi connectivity index (χ4n) is 2.24. The van der Waals surface area contributed by atoms with Gasteiger partial charge in [0.2, 0.25) is 0 Å². The molecule has 0 atom stereocenters. The van der Waals surface area contributed by atoms with Crippen LogP contribution in [-0.4, -0.2) is 48.0 Å². The van der Waals surface area contributed by atoms with Gasteiger partial charge in [0.05, 0.1) is 0 Å². The SMILES string of the molecule is NCCN1CCC(NC(=O)c2ccccn2)CC1. The highest BCUT2D eigenvalue weighted by atomic mass is 16.1. The zero-order valence-corrected chi connectivity index (χ0v) is 10.5. The van der Waals surface area contributed by atoms with Gasteiger partial charge in [-0.25, -0.2) is 0 Å². The Labute approximate surface area is 107 Å². The van der Waals surface area contributed by atoms with Gasteiger partial charge in [-0.1, -0.05) is 6.07 Å². The highest BCUT2D eigenvalue weighted by Crippen LogP contribution is 2.10. The van der Waals surface area contributed by atoms with E-state index in [0.717, 1.165) is 32.5 Å². The summed E-state index contributed by atoms with van der Waals surface area (Å²) in [6.07, 6.45) is 3.61. The number of rotatable bonds is 4. The third-order valence-corrected chi connectivity index (χ3v) is 3.27. The standard InChI is InChI=1S/C13H20N4O/c14-6-10-17-8-4-11(5-9-17)16-13(18)12-3-1-2-7-15-12/h1-3,7,11H,4-6,8-10,14H2,(H,16,18). The second kappa shape index (κ2) is 6.47. The molecule has 0 saturated carbocycles. The summed E-state index contributed by atoms with van der Waals surface area (Å²) in [4.78, 5) is 18.3. The van der Waals surface area contributed by atoms with Crippen LogP contribution < -0.4 is 11.1 Å². The number of hydrogen-bond acceptors (Lipinski definition) is 4. The van der Waals surface area contributed by atoms with E-state index in [4.69, 9.17) is 5.73 Å². The number of piperidine rings is 1. The maximum absolute atomic E-state index is 11.9. The smallest absolute Gasteiger partial charge is 0.270 e. The average Bonchev–Trinajstić information content (AvgIpc) is 2.42. The molecule has 1 aliphatic heterocycles. The predicted molar refractivity (Wildman–Crippen MR) is 70.2 cm³/mol. The van der Waals surface area contributed by atoms with E-state index < -0.39 is 0 Å². The number of hydrogen-bond donors (Lipinski definition) is 2. The molecule has 0 bridgehead atoms. The third kappa shape index (κ3) is 3.51. The van der Waals surface area contributed by atoms with Gasteiger partial charge >= 0.3 is 0 Å². The number of carbonyl (C=O) groups is 1. The summed E-state index contributed by atoms with van der Waals surface area (Å²) in [5.74, 6) is -0.0760. The second-order valence-corrected chi connectivity index (χ2v) is 4.59. The Morgan fingerprint density at radius 1 is 1.44 bits per heavy atom. The van der Waals surface area contributed by atoms with Crippen LogP contribution in [0.3, 0.4) is 0 Å². The van der Waals surface area contributed by atoms with Gasteiger partial charge in [0, 0.05) is 38.4 Å². The van der Waals surface area contributed by atoms with Gasteiger partial charge in [-0.15, -0.1) is 0 Å². The van der Waals surface area contributed by atoms with E-state index in [2.05, 4.69) is 15.2 Å². The first-order valence-electron chi connectivity index (χ1n) is 6.44. The van der Waals surface area contributed by atoms with Gasteiger partial charge in [0.15, 0.2) is 0 Å². The number of carbonyl (C=O) groups excluding carboxylic acids is 1. The molecule has 1 amide bonds. The van der Waals surface area contributed by atoms with Crippen molar-refractivity contribution in [3.63, 3.8) is 0 Å². The quantitative estimate of drug-likeness (QED) is 0.800. The number of nitrogens with zero attached hydrogens (tertiary/aromatic N) is 2. The Balaban J connectivity index is 1.80. The molecule has 0 aromatic carbocycles. The van der Waals surface area contributed by atoms with Gasteiger partial charge in [0.1, 0.15) is 5.69 Å². The van der Waals surface area contributed by atoms with Crippen LogP contribution in [-0.2, 0) is 0 Å². The zero-order chi connectivity index (χ0) is 12.8. The normalized spacial score (nSPS) is 17.6. The van der Waals surface area contributed by atoms with Gasteiger partial charge in [-0.05, 0) is 25.0 Å². The Morgan fingerprint density at radius 3 is 2.83 bits per heavy atom. The van der Waals surface area contributed by atoms with Crippen molar-refractivity contribution < 1.29 is 4.79 Å². The average molecular weight is 248 g/mol. The minimum atomic E-state index is -0.0760. The fourth-order valence-corrected chi connectivity index (χ4v) is 2.24. The van der Waals surface area contributed by atoms with Crippen LogP contribution in [0.1, 0.15) is 23.3 Å². The Kier molecular flexibility index (Phi) is 4.66. The number of nitrogens with one attached hydrogen (secondary N) is 1. The lowest BCUT2D eigenvalue weighted by molar-refractivity contribution is 0.0907. The van der Waals surface area contributed by atoms with Crippen molar-refractivity contribution in [2.75, 3.05) is 26.2 Å². The molecule has 0 spiro atoms. The van der Waals surface area contributed by atoms with Crippen LogP contribution >= 0.6 is 0 Å². The van der Waals surface area contributed by atoms with Gasteiger partial charge in [-0.3, -0.25) is 9.78 Å². The Morgan fingerprint density at radius 2 is 2.22 bits per heavy atom. The molecule has 0 unspecified atom stereocenters. The molecular weight excluding hydrogens is 228 g/mol. The van der Waals surface area contributed by atoms with Crippen LogP contribution in [0.25, 0.3) is 0 Å². The summed E-state index contributed by atoms with van der Waals surface area (Å²) < 4.78 is 0. The fraction of sp³-hybridized carbons (Fsp3) is 0.538. The molecule has 1 aromatic rings. The van der Waals surface area contributed by atoms with Crippen LogP contribution in [0.15, 0.2) is 24.4 Å². The lowest BCUT2D eigenvalue weighted by atomic mass is 10.0.